The van der Waals surface area contributed by atoms with Gasteiger partial charge >= 0.3 is 5.97 Å². The van der Waals surface area contributed by atoms with Gasteiger partial charge in [0, 0.05) is 13.1 Å². The van der Waals surface area contributed by atoms with Crippen molar-refractivity contribution in [1.29, 1.82) is 0 Å². The van der Waals surface area contributed by atoms with Crippen molar-refractivity contribution in [2.75, 3.05) is 13.1 Å². The third kappa shape index (κ3) is 4.32. The van der Waals surface area contributed by atoms with Gasteiger partial charge in [-0.15, -0.1) is 0 Å². The van der Waals surface area contributed by atoms with Crippen LogP contribution < -0.4 is 0 Å². The maximum Gasteiger partial charge on any atom is 0.307 e. The molecule has 4 heteroatoms. The molecule has 110 valence electrons. The van der Waals surface area contributed by atoms with Gasteiger partial charge in [0.25, 0.3) is 0 Å². The normalized spacial score (nSPS) is 24.3. The number of benzene rings is 1. The molecule has 0 saturated carbocycles. The maximum absolute atomic E-state index is 10.9. The number of aliphatic carboxylic acids is 1. The van der Waals surface area contributed by atoms with E-state index in [2.05, 4.69) is 4.90 Å². The number of hydrogen-bond donors (Lipinski definition) is 2. The third-order valence-corrected chi connectivity index (χ3v) is 4.01. The molecule has 0 spiro atoms. The van der Waals surface area contributed by atoms with Crippen LogP contribution in [0.15, 0.2) is 24.3 Å². The molecule has 2 N–H and O–H groups in total. The summed E-state index contributed by atoms with van der Waals surface area (Å²) in [6.07, 6.45) is 2.66. The van der Waals surface area contributed by atoms with Crippen molar-refractivity contribution in [2.45, 2.75) is 44.8 Å². The first-order valence-electron chi connectivity index (χ1n) is 7.20. The van der Waals surface area contributed by atoms with Crippen molar-refractivity contribution in [3.63, 3.8) is 0 Å². The average molecular weight is 277 g/mol. The van der Waals surface area contributed by atoms with Crippen LogP contribution >= 0.6 is 0 Å². The molecule has 1 heterocycles. The van der Waals surface area contributed by atoms with Crippen molar-refractivity contribution in [3.8, 4) is 0 Å². The van der Waals surface area contributed by atoms with Gasteiger partial charge in [0.05, 0.1) is 12.0 Å². The highest BCUT2D eigenvalue weighted by Gasteiger charge is 2.25. The summed E-state index contributed by atoms with van der Waals surface area (Å²) in [5.74, 6) is -0.795. The Hall–Kier alpha value is -1.39. The van der Waals surface area contributed by atoms with Crippen molar-refractivity contribution in [2.24, 2.45) is 0 Å². The molecule has 2 rings (SSSR count). The molecule has 1 aliphatic heterocycles. The van der Waals surface area contributed by atoms with Gasteiger partial charge in [-0.25, -0.2) is 0 Å². The molecule has 0 bridgehead atoms. The zero-order valence-corrected chi connectivity index (χ0v) is 12.0. The zero-order valence-electron chi connectivity index (χ0n) is 12.0. The quantitative estimate of drug-likeness (QED) is 0.884. The lowest BCUT2D eigenvalue weighted by atomic mass is 9.98. The number of rotatable bonds is 4. The predicted octanol–water partition coefficient (Wildman–Crippen LogP) is 2.05. The number of likely N-dealkylation sites (tertiary alicyclic amines) is 1. The van der Waals surface area contributed by atoms with E-state index in [1.165, 1.54) is 0 Å². The van der Waals surface area contributed by atoms with Gasteiger partial charge in [0.15, 0.2) is 0 Å². The molecule has 1 unspecified atom stereocenters. The lowest BCUT2D eigenvalue weighted by molar-refractivity contribution is -0.136. The molecule has 1 saturated heterocycles. The van der Waals surface area contributed by atoms with E-state index < -0.39 is 11.6 Å². The summed E-state index contributed by atoms with van der Waals surface area (Å²) >= 11 is 0. The molecule has 1 aromatic carbocycles. The molecule has 0 aromatic heterocycles. The third-order valence-electron chi connectivity index (χ3n) is 4.01. The second kappa shape index (κ2) is 6.37. The van der Waals surface area contributed by atoms with Crippen molar-refractivity contribution in [1.82, 2.24) is 4.90 Å². The fraction of sp³-hybridized carbons (Fsp3) is 0.562. The highest BCUT2D eigenvalue weighted by molar-refractivity contribution is 5.70. The Balaban J connectivity index is 2.04. The number of nitrogens with zero attached hydrogens (tertiary/aromatic N) is 1. The number of carboxylic acid groups (broad SMARTS) is 1. The molecule has 0 radical (unpaired) electrons. The minimum atomic E-state index is -0.795. The van der Waals surface area contributed by atoms with Crippen molar-refractivity contribution < 1.29 is 15.0 Å². The summed E-state index contributed by atoms with van der Waals surface area (Å²) in [5.41, 5.74) is 1.41. The Labute approximate surface area is 120 Å². The highest BCUT2D eigenvalue weighted by Crippen LogP contribution is 2.23. The first-order valence-corrected chi connectivity index (χ1v) is 7.20. The second-order valence-corrected chi connectivity index (χ2v) is 5.97. The molecule has 1 fully saturated rings. The van der Waals surface area contributed by atoms with Crippen molar-refractivity contribution in [3.05, 3.63) is 35.4 Å². The molecule has 0 amide bonds. The second-order valence-electron chi connectivity index (χ2n) is 5.97. The van der Waals surface area contributed by atoms with Crippen LogP contribution in [0.1, 0.15) is 37.3 Å². The van der Waals surface area contributed by atoms with Crippen LogP contribution in [0, 0.1) is 0 Å². The van der Waals surface area contributed by atoms with Gasteiger partial charge < -0.3 is 10.2 Å². The maximum atomic E-state index is 10.9. The number of carbonyl (C=O) groups is 1. The van der Waals surface area contributed by atoms with Gasteiger partial charge in [0.1, 0.15) is 0 Å². The van der Waals surface area contributed by atoms with E-state index in [0.717, 1.165) is 50.0 Å². The Morgan fingerprint density at radius 3 is 2.65 bits per heavy atom. The van der Waals surface area contributed by atoms with Crippen molar-refractivity contribution >= 4 is 5.97 Å². The summed E-state index contributed by atoms with van der Waals surface area (Å²) in [4.78, 5) is 13.2. The summed E-state index contributed by atoms with van der Waals surface area (Å²) in [5, 5.41) is 19.1. The molecule has 0 aliphatic carbocycles. The predicted molar refractivity (Wildman–Crippen MR) is 77.5 cm³/mol. The summed E-state index contributed by atoms with van der Waals surface area (Å²) in [6, 6.07) is 7.72. The Bertz CT molecular complexity index is 471. The lowest BCUT2D eigenvalue weighted by Gasteiger charge is -2.23. The molecular weight excluding hydrogens is 254 g/mol. The van der Waals surface area contributed by atoms with Gasteiger partial charge in [-0.1, -0.05) is 24.3 Å². The van der Waals surface area contributed by atoms with Gasteiger partial charge in [-0.3, -0.25) is 9.69 Å². The van der Waals surface area contributed by atoms with E-state index in [1.54, 1.807) is 0 Å². The first kappa shape index (κ1) is 15.0. The lowest BCUT2D eigenvalue weighted by Crippen LogP contribution is -2.28. The van der Waals surface area contributed by atoms with Crippen LogP contribution in [0.25, 0.3) is 0 Å². The molecule has 1 aromatic rings. The Morgan fingerprint density at radius 2 is 1.95 bits per heavy atom. The minimum Gasteiger partial charge on any atom is -0.481 e. The summed E-state index contributed by atoms with van der Waals surface area (Å²) in [6.45, 7) is 4.47. The topological polar surface area (TPSA) is 60.8 Å². The molecule has 1 aliphatic rings. The van der Waals surface area contributed by atoms with E-state index in [1.807, 2.05) is 31.2 Å². The highest BCUT2D eigenvalue weighted by atomic mass is 16.4. The largest absolute Gasteiger partial charge is 0.481 e. The van der Waals surface area contributed by atoms with Crippen LogP contribution in [-0.2, 0) is 17.8 Å². The Morgan fingerprint density at radius 1 is 1.25 bits per heavy atom. The monoisotopic (exact) mass is 277 g/mol. The van der Waals surface area contributed by atoms with E-state index in [9.17, 15) is 9.90 Å². The van der Waals surface area contributed by atoms with E-state index in [0.29, 0.717) is 0 Å². The van der Waals surface area contributed by atoms with Gasteiger partial charge in [0.2, 0.25) is 0 Å². The van der Waals surface area contributed by atoms with Crippen LogP contribution in [0.2, 0.25) is 0 Å². The number of aliphatic hydroxyl groups is 1. The molecule has 20 heavy (non-hydrogen) atoms. The van der Waals surface area contributed by atoms with Crippen LogP contribution in [-0.4, -0.2) is 39.8 Å². The standard InChI is InChI=1S/C16H23NO3/c1-16(20)7-4-9-17(10-8-16)12-14-6-3-2-5-13(14)11-15(18)19/h2-3,5-6,20H,4,7-12H2,1H3,(H,18,19). The number of carboxylic acids is 1. The van der Waals surface area contributed by atoms with E-state index in [4.69, 9.17) is 5.11 Å². The smallest absolute Gasteiger partial charge is 0.307 e. The van der Waals surface area contributed by atoms with Crippen LogP contribution in [0.3, 0.4) is 0 Å². The molecule has 4 nitrogen and oxygen atoms in total. The van der Waals surface area contributed by atoms with Gasteiger partial charge in [-0.2, -0.15) is 0 Å². The SMILES string of the molecule is CC1(O)CCCN(Cc2ccccc2CC(=O)O)CC1. The summed E-state index contributed by atoms with van der Waals surface area (Å²) in [7, 11) is 0. The minimum absolute atomic E-state index is 0.0712. The first-order chi connectivity index (χ1) is 9.46. The zero-order chi connectivity index (χ0) is 14.6. The number of hydrogen-bond acceptors (Lipinski definition) is 3. The molecular formula is C16H23NO3. The average Bonchev–Trinajstić information content (AvgIpc) is 2.53. The van der Waals surface area contributed by atoms with Gasteiger partial charge in [-0.05, 0) is 43.9 Å². The molecule has 1 atom stereocenters. The fourth-order valence-electron chi connectivity index (χ4n) is 2.77. The van der Waals surface area contributed by atoms with Crippen LogP contribution in [0.5, 0.6) is 0 Å². The van der Waals surface area contributed by atoms with Crippen LogP contribution in [0.4, 0.5) is 0 Å². The fourth-order valence-corrected chi connectivity index (χ4v) is 2.77. The summed E-state index contributed by atoms with van der Waals surface area (Å²) < 4.78 is 0. The van der Waals surface area contributed by atoms with E-state index in [-0.39, 0.29) is 6.42 Å². The Kier molecular flexibility index (Phi) is 4.78. The van der Waals surface area contributed by atoms with E-state index >= 15 is 0 Å².